The summed E-state index contributed by atoms with van der Waals surface area (Å²) in [6.45, 7) is 20.3. The molecule has 0 spiro atoms. The summed E-state index contributed by atoms with van der Waals surface area (Å²) in [6, 6.07) is 16.7. The minimum atomic E-state index is 0.0118. The van der Waals surface area contributed by atoms with Gasteiger partial charge >= 0.3 is 0 Å². The summed E-state index contributed by atoms with van der Waals surface area (Å²) in [4.78, 5) is 2.68. The van der Waals surface area contributed by atoms with Crippen molar-refractivity contribution >= 4 is 5.57 Å². The number of nitrogens with zero attached hydrogens (tertiary/aromatic N) is 1. The van der Waals surface area contributed by atoms with Crippen LogP contribution in [-0.2, 0) is 18.3 Å². The fraction of sp³-hybridized carbons (Fsp3) is 0.588. The van der Waals surface area contributed by atoms with Gasteiger partial charge in [-0.2, -0.15) is 0 Å². The first-order valence-electron chi connectivity index (χ1n) is 14.5. The smallest absolute Gasteiger partial charge is 0.0152 e. The van der Waals surface area contributed by atoms with Gasteiger partial charge in [0.05, 0.1) is 0 Å². The van der Waals surface area contributed by atoms with Crippen LogP contribution in [0.3, 0.4) is 0 Å². The average molecular weight is 474 g/mol. The monoisotopic (exact) mass is 473 g/mol. The fourth-order valence-electron chi connectivity index (χ4n) is 5.88. The third-order valence-corrected chi connectivity index (χ3v) is 8.23. The van der Waals surface area contributed by atoms with Crippen molar-refractivity contribution in [1.82, 2.24) is 4.90 Å². The minimum Gasteiger partial charge on any atom is -0.303 e. The van der Waals surface area contributed by atoms with E-state index in [0.29, 0.717) is 11.8 Å². The van der Waals surface area contributed by atoms with Crippen LogP contribution in [0.5, 0.6) is 0 Å². The van der Waals surface area contributed by atoms with E-state index in [4.69, 9.17) is 0 Å². The first kappa shape index (κ1) is 27.7. The van der Waals surface area contributed by atoms with Crippen LogP contribution in [0.1, 0.15) is 114 Å². The highest BCUT2D eigenvalue weighted by Crippen LogP contribution is 2.45. The number of benzene rings is 2. The Kier molecular flexibility index (Phi) is 10.2. The quantitative estimate of drug-likeness (QED) is 0.297. The van der Waals surface area contributed by atoms with Crippen molar-refractivity contribution in [2.75, 3.05) is 19.6 Å². The Morgan fingerprint density at radius 2 is 1.63 bits per heavy atom. The van der Waals surface area contributed by atoms with Crippen LogP contribution < -0.4 is 0 Å². The van der Waals surface area contributed by atoms with E-state index in [-0.39, 0.29) is 5.41 Å². The second kappa shape index (κ2) is 12.9. The molecule has 0 N–H and O–H groups in total. The molecule has 1 heteroatoms. The van der Waals surface area contributed by atoms with Gasteiger partial charge in [-0.15, -0.1) is 0 Å². The van der Waals surface area contributed by atoms with Gasteiger partial charge in [0, 0.05) is 5.41 Å². The molecule has 0 fully saturated rings. The normalized spacial score (nSPS) is 18.2. The lowest BCUT2D eigenvalue weighted by atomic mass is 9.73. The van der Waals surface area contributed by atoms with E-state index < -0.39 is 0 Å². The summed E-state index contributed by atoms with van der Waals surface area (Å²) in [5, 5.41) is 0. The molecule has 0 heterocycles. The number of unbranched alkanes of at least 4 members (excludes halogenated alkanes) is 1. The Labute approximate surface area is 217 Å². The fourth-order valence-corrected chi connectivity index (χ4v) is 5.88. The van der Waals surface area contributed by atoms with Crippen LogP contribution in [0, 0.1) is 5.92 Å². The van der Waals surface area contributed by atoms with Crippen LogP contribution in [0.25, 0.3) is 5.57 Å². The third kappa shape index (κ3) is 7.10. The van der Waals surface area contributed by atoms with E-state index in [2.05, 4.69) is 102 Å². The van der Waals surface area contributed by atoms with Gasteiger partial charge in [-0.1, -0.05) is 103 Å². The first-order valence-corrected chi connectivity index (χ1v) is 14.5. The van der Waals surface area contributed by atoms with E-state index >= 15 is 0 Å². The van der Waals surface area contributed by atoms with Crippen molar-refractivity contribution in [3.63, 3.8) is 0 Å². The van der Waals surface area contributed by atoms with Crippen LogP contribution >= 0.6 is 0 Å². The van der Waals surface area contributed by atoms with Gasteiger partial charge in [0.2, 0.25) is 0 Å². The Morgan fingerprint density at radius 1 is 0.914 bits per heavy atom. The summed E-state index contributed by atoms with van der Waals surface area (Å²) in [5.41, 5.74) is 8.88. The van der Waals surface area contributed by atoms with Crippen molar-refractivity contribution < 1.29 is 0 Å². The zero-order valence-electron chi connectivity index (χ0n) is 23.8. The van der Waals surface area contributed by atoms with Crippen LogP contribution in [0.4, 0.5) is 0 Å². The number of hydrogen-bond acceptors (Lipinski definition) is 1. The molecule has 2 aromatic carbocycles. The molecular formula is C34H51N. The third-order valence-electron chi connectivity index (χ3n) is 8.23. The molecular weight excluding hydrogens is 422 g/mol. The number of fused-ring (bicyclic) bond motifs is 1. The lowest BCUT2D eigenvalue weighted by Gasteiger charge is -2.31. The van der Waals surface area contributed by atoms with Crippen molar-refractivity contribution in [2.24, 2.45) is 5.92 Å². The van der Waals surface area contributed by atoms with E-state index in [0.717, 1.165) is 12.8 Å². The van der Waals surface area contributed by atoms with Crippen LogP contribution in [0.2, 0.25) is 0 Å². The molecule has 0 bridgehead atoms. The van der Waals surface area contributed by atoms with E-state index in [1.807, 2.05) is 0 Å². The standard InChI is InChI=1S/C34H51N/c1-8-11-22-35(21-9-2)23-20-26(4)24-29-15-19-33-31(25-29)27(5)12-18-32(34(33,6)7)30-16-13-28(10-3)14-17-30/h13-19,25-27H,8-12,20-24H2,1-7H3. The molecule has 0 aliphatic heterocycles. The average Bonchev–Trinajstić information content (AvgIpc) is 2.94. The molecule has 0 radical (unpaired) electrons. The van der Waals surface area contributed by atoms with Crippen molar-refractivity contribution in [2.45, 2.75) is 105 Å². The predicted octanol–water partition coefficient (Wildman–Crippen LogP) is 9.20. The van der Waals surface area contributed by atoms with Gasteiger partial charge in [-0.05, 0) is 103 Å². The maximum absolute atomic E-state index is 2.68. The second-order valence-corrected chi connectivity index (χ2v) is 11.6. The molecule has 0 amide bonds. The molecule has 2 atom stereocenters. The van der Waals surface area contributed by atoms with Crippen molar-refractivity contribution in [3.05, 3.63) is 76.4 Å². The van der Waals surface area contributed by atoms with Crippen molar-refractivity contribution in [1.29, 1.82) is 0 Å². The highest BCUT2D eigenvalue weighted by atomic mass is 15.1. The van der Waals surface area contributed by atoms with Crippen LogP contribution in [-0.4, -0.2) is 24.5 Å². The summed E-state index contributed by atoms with van der Waals surface area (Å²) >= 11 is 0. The highest BCUT2D eigenvalue weighted by molar-refractivity contribution is 5.76. The maximum Gasteiger partial charge on any atom is 0.0152 e. The molecule has 0 saturated heterocycles. The summed E-state index contributed by atoms with van der Waals surface area (Å²) < 4.78 is 0. The SMILES string of the molecule is CCCCN(CCC)CCC(C)Cc1ccc2c(c1)C(C)CC=C(c1ccc(CC)cc1)C2(C)C. The van der Waals surface area contributed by atoms with Gasteiger partial charge in [0.15, 0.2) is 0 Å². The van der Waals surface area contributed by atoms with Crippen LogP contribution in [0.15, 0.2) is 48.5 Å². The second-order valence-electron chi connectivity index (χ2n) is 11.6. The number of rotatable bonds is 12. The largest absolute Gasteiger partial charge is 0.303 e. The molecule has 2 aromatic rings. The summed E-state index contributed by atoms with van der Waals surface area (Å²) in [6.07, 6.45) is 11.1. The van der Waals surface area contributed by atoms with E-state index in [1.54, 1.807) is 5.56 Å². The zero-order valence-corrected chi connectivity index (χ0v) is 23.8. The predicted molar refractivity (Wildman–Crippen MR) is 155 cm³/mol. The highest BCUT2D eigenvalue weighted by Gasteiger charge is 2.32. The zero-order chi connectivity index (χ0) is 25.4. The van der Waals surface area contributed by atoms with Gasteiger partial charge in [-0.3, -0.25) is 0 Å². The molecule has 1 aliphatic rings. The summed E-state index contributed by atoms with van der Waals surface area (Å²) in [5.74, 6) is 1.27. The van der Waals surface area contributed by atoms with Gasteiger partial charge in [0.1, 0.15) is 0 Å². The minimum absolute atomic E-state index is 0.0118. The lowest BCUT2D eigenvalue weighted by Crippen LogP contribution is -2.28. The van der Waals surface area contributed by atoms with E-state index in [9.17, 15) is 0 Å². The number of aryl methyl sites for hydroxylation is 1. The Hall–Kier alpha value is -1.86. The van der Waals surface area contributed by atoms with Gasteiger partial charge < -0.3 is 4.90 Å². The summed E-state index contributed by atoms with van der Waals surface area (Å²) in [7, 11) is 0. The molecule has 1 aliphatic carbocycles. The number of allylic oxidation sites excluding steroid dienone is 2. The molecule has 192 valence electrons. The number of hydrogen-bond donors (Lipinski definition) is 0. The molecule has 0 saturated carbocycles. The Morgan fingerprint density at radius 3 is 2.29 bits per heavy atom. The maximum atomic E-state index is 2.68. The Bertz CT molecular complexity index is 949. The lowest BCUT2D eigenvalue weighted by molar-refractivity contribution is 0.251. The molecule has 3 rings (SSSR count). The topological polar surface area (TPSA) is 3.24 Å². The molecule has 2 unspecified atom stereocenters. The van der Waals surface area contributed by atoms with Gasteiger partial charge in [0.25, 0.3) is 0 Å². The molecule has 1 nitrogen and oxygen atoms in total. The van der Waals surface area contributed by atoms with E-state index in [1.165, 1.54) is 79.6 Å². The molecule has 0 aromatic heterocycles. The van der Waals surface area contributed by atoms with Crippen molar-refractivity contribution in [3.8, 4) is 0 Å². The van der Waals surface area contributed by atoms with Gasteiger partial charge in [-0.25, -0.2) is 0 Å². The first-order chi connectivity index (χ1) is 16.8. The Balaban J connectivity index is 1.75. The molecule has 35 heavy (non-hydrogen) atoms.